The van der Waals surface area contributed by atoms with Crippen LogP contribution in [-0.2, 0) is 9.63 Å². The predicted molar refractivity (Wildman–Crippen MR) is 60.4 cm³/mol. The number of rotatable bonds is 5. The van der Waals surface area contributed by atoms with E-state index >= 15 is 0 Å². The van der Waals surface area contributed by atoms with Crippen molar-refractivity contribution in [2.75, 3.05) is 14.2 Å². The van der Waals surface area contributed by atoms with E-state index in [-0.39, 0.29) is 12.3 Å². The lowest BCUT2D eigenvalue weighted by molar-refractivity contribution is -0.169. The van der Waals surface area contributed by atoms with Gasteiger partial charge >= 0.3 is 0 Å². The monoisotopic (exact) mass is 223 g/mol. The molecular weight excluding hydrogens is 206 g/mol. The molecule has 0 bridgehead atoms. The van der Waals surface area contributed by atoms with Gasteiger partial charge in [-0.25, -0.2) is 5.06 Å². The molecule has 0 aliphatic rings. The van der Waals surface area contributed by atoms with Gasteiger partial charge in [0.25, 0.3) is 0 Å². The number of aliphatic hydroxyl groups excluding tert-OH is 1. The maximum absolute atomic E-state index is 11.4. The molecule has 1 rings (SSSR count). The van der Waals surface area contributed by atoms with Crippen LogP contribution in [-0.4, -0.2) is 30.2 Å². The van der Waals surface area contributed by atoms with Gasteiger partial charge in [0, 0.05) is 13.5 Å². The smallest absolute Gasteiger partial charge is 0.245 e. The molecular formula is C12H17NO3. The van der Waals surface area contributed by atoms with E-state index in [1.807, 2.05) is 30.3 Å². The Morgan fingerprint density at radius 1 is 1.44 bits per heavy atom. The second kappa shape index (κ2) is 6.25. The Kier molecular flexibility index (Phi) is 4.95. The van der Waals surface area contributed by atoms with E-state index in [0.717, 1.165) is 10.6 Å². The Bertz CT molecular complexity index is 326. The van der Waals surface area contributed by atoms with Gasteiger partial charge in [0.2, 0.25) is 5.91 Å². The Labute approximate surface area is 95.4 Å². The molecule has 0 aliphatic carbocycles. The number of benzene rings is 1. The van der Waals surface area contributed by atoms with Gasteiger partial charge in [-0.1, -0.05) is 30.3 Å². The van der Waals surface area contributed by atoms with Crippen molar-refractivity contribution in [1.29, 1.82) is 0 Å². The minimum absolute atomic E-state index is 0.141. The highest BCUT2D eigenvalue weighted by Crippen LogP contribution is 2.17. The zero-order chi connectivity index (χ0) is 12.0. The average molecular weight is 223 g/mol. The predicted octanol–water partition coefficient (Wildman–Crippen LogP) is 1.52. The van der Waals surface area contributed by atoms with Gasteiger partial charge in [0.15, 0.2) is 0 Å². The molecule has 1 aromatic carbocycles. The summed E-state index contributed by atoms with van der Waals surface area (Å²) in [5, 5.41) is 11.0. The maximum Gasteiger partial charge on any atom is 0.245 e. The summed E-state index contributed by atoms with van der Waals surface area (Å²) in [6.07, 6.45) is 0.0622. The van der Waals surface area contributed by atoms with Gasteiger partial charge in [-0.05, 0) is 12.0 Å². The molecule has 0 saturated heterocycles. The molecule has 0 aromatic heterocycles. The largest absolute Gasteiger partial charge is 0.388 e. The van der Waals surface area contributed by atoms with Crippen molar-refractivity contribution in [3.8, 4) is 0 Å². The number of nitrogens with zero attached hydrogens (tertiary/aromatic N) is 1. The highest BCUT2D eigenvalue weighted by Gasteiger charge is 2.12. The fourth-order valence-corrected chi connectivity index (χ4v) is 1.36. The highest BCUT2D eigenvalue weighted by molar-refractivity contribution is 5.74. The van der Waals surface area contributed by atoms with E-state index in [1.54, 1.807) is 7.05 Å². The molecule has 1 amide bonds. The summed E-state index contributed by atoms with van der Waals surface area (Å²) in [7, 11) is 2.99. The van der Waals surface area contributed by atoms with Gasteiger partial charge in [-0.2, -0.15) is 0 Å². The third-order valence-electron chi connectivity index (χ3n) is 2.44. The Hall–Kier alpha value is -1.39. The first-order valence-corrected chi connectivity index (χ1v) is 5.19. The molecule has 1 N–H and O–H groups in total. The summed E-state index contributed by atoms with van der Waals surface area (Å²) < 4.78 is 0. The minimum Gasteiger partial charge on any atom is -0.388 e. The molecule has 0 radical (unpaired) electrons. The zero-order valence-electron chi connectivity index (χ0n) is 9.59. The fraction of sp³-hybridized carbons (Fsp3) is 0.417. The van der Waals surface area contributed by atoms with Crippen LogP contribution < -0.4 is 0 Å². The van der Waals surface area contributed by atoms with Gasteiger partial charge in [-0.15, -0.1) is 0 Å². The lowest BCUT2D eigenvalue weighted by Crippen LogP contribution is -2.25. The van der Waals surface area contributed by atoms with Crippen LogP contribution in [0.3, 0.4) is 0 Å². The fourth-order valence-electron chi connectivity index (χ4n) is 1.36. The van der Waals surface area contributed by atoms with Crippen LogP contribution >= 0.6 is 0 Å². The van der Waals surface area contributed by atoms with Crippen LogP contribution in [0.4, 0.5) is 0 Å². The third-order valence-corrected chi connectivity index (χ3v) is 2.44. The summed E-state index contributed by atoms with van der Waals surface area (Å²) in [6, 6.07) is 9.30. The molecule has 1 unspecified atom stereocenters. The van der Waals surface area contributed by atoms with Gasteiger partial charge in [0.05, 0.1) is 13.2 Å². The van der Waals surface area contributed by atoms with E-state index in [4.69, 9.17) is 4.84 Å². The number of amides is 1. The Balaban J connectivity index is 2.42. The van der Waals surface area contributed by atoms with E-state index in [2.05, 4.69) is 0 Å². The quantitative estimate of drug-likeness (QED) is 0.770. The molecule has 88 valence electrons. The summed E-state index contributed by atoms with van der Waals surface area (Å²) in [5.74, 6) is -0.141. The maximum atomic E-state index is 11.4. The normalized spacial score (nSPS) is 12.2. The van der Waals surface area contributed by atoms with Crippen LogP contribution in [0.15, 0.2) is 30.3 Å². The second-order valence-corrected chi connectivity index (χ2v) is 3.54. The summed E-state index contributed by atoms with van der Waals surface area (Å²) >= 11 is 0. The minimum atomic E-state index is -0.601. The average Bonchev–Trinajstić information content (AvgIpc) is 2.35. The van der Waals surface area contributed by atoms with E-state index in [1.165, 1.54) is 7.11 Å². The standard InChI is InChI=1S/C12H17NO3/c1-13(16-2)12(15)9-8-11(14)10-6-4-3-5-7-10/h3-7,11,14H,8-9H2,1-2H3. The molecule has 0 saturated carbocycles. The van der Waals surface area contributed by atoms with Crippen LogP contribution in [0.2, 0.25) is 0 Å². The number of aliphatic hydroxyl groups is 1. The van der Waals surface area contributed by atoms with E-state index in [9.17, 15) is 9.90 Å². The summed E-state index contributed by atoms with van der Waals surface area (Å²) in [4.78, 5) is 16.2. The first-order valence-electron chi connectivity index (χ1n) is 5.19. The number of hydroxylamine groups is 2. The second-order valence-electron chi connectivity index (χ2n) is 3.54. The summed E-state index contributed by atoms with van der Waals surface area (Å²) in [5.41, 5.74) is 0.829. The highest BCUT2D eigenvalue weighted by atomic mass is 16.7. The van der Waals surface area contributed by atoms with Crippen LogP contribution in [0.25, 0.3) is 0 Å². The summed E-state index contributed by atoms with van der Waals surface area (Å²) in [6.45, 7) is 0. The number of hydrogen-bond acceptors (Lipinski definition) is 3. The molecule has 0 aliphatic heterocycles. The molecule has 0 heterocycles. The Morgan fingerprint density at radius 2 is 2.06 bits per heavy atom. The van der Waals surface area contributed by atoms with Crippen molar-refractivity contribution >= 4 is 5.91 Å². The lowest BCUT2D eigenvalue weighted by Gasteiger charge is -2.15. The van der Waals surface area contributed by atoms with Gasteiger partial charge in [-0.3, -0.25) is 9.63 Å². The van der Waals surface area contributed by atoms with Gasteiger partial charge in [0.1, 0.15) is 0 Å². The van der Waals surface area contributed by atoms with E-state index < -0.39 is 6.10 Å². The van der Waals surface area contributed by atoms with Crippen molar-refractivity contribution in [1.82, 2.24) is 5.06 Å². The number of carbonyl (C=O) groups is 1. The third kappa shape index (κ3) is 3.64. The van der Waals surface area contributed by atoms with Crippen LogP contribution in [0.1, 0.15) is 24.5 Å². The Morgan fingerprint density at radius 3 is 2.62 bits per heavy atom. The molecule has 1 aromatic rings. The van der Waals surface area contributed by atoms with Gasteiger partial charge < -0.3 is 5.11 Å². The first kappa shape index (κ1) is 12.7. The molecule has 4 heteroatoms. The van der Waals surface area contributed by atoms with Crippen LogP contribution in [0, 0.1) is 0 Å². The molecule has 16 heavy (non-hydrogen) atoms. The zero-order valence-corrected chi connectivity index (χ0v) is 9.59. The van der Waals surface area contributed by atoms with Crippen molar-refractivity contribution in [2.45, 2.75) is 18.9 Å². The van der Waals surface area contributed by atoms with Crippen molar-refractivity contribution in [2.24, 2.45) is 0 Å². The molecule has 1 atom stereocenters. The van der Waals surface area contributed by atoms with Crippen molar-refractivity contribution in [3.05, 3.63) is 35.9 Å². The molecule has 4 nitrogen and oxygen atoms in total. The van der Waals surface area contributed by atoms with Crippen molar-refractivity contribution in [3.63, 3.8) is 0 Å². The SMILES string of the molecule is CON(C)C(=O)CCC(O)c1ccccc1. The molecule has 0 fully saturated rings. The topological polar surface area (TPSA) is 49.8 Å². The molecule has 0 spiro atoms. The van der Waals surface area contributed by atoms with Crippen molar-refractivity contribution < 1.29 is 14.7 Å². The lowest BCUT2D eigenvalue weighted by atomic mass is 10.1. The first-order chi connectivity index (χ1) is 7.65. The van der Waals surface area contributed by atoms with E-state index in [0.29, 0.717) is 6.42 Å². The van der Waals surface area contributed by atoms with Crippen LogP contribution in [0.5, 0.6) is 0 Å². The number of hydrogen-bond donors (Lipinski definition) is 1. The number of carbonyl (C=O) groups excluding carboxylic acids is 1.